The highest BCUT2D eigenvalue weighted by Crippen LogP contribution is 2.20. The number of ether oxygens (including phenoxy) is 2. The molecule has 3 aromatic rings. The summed E-state index contributed by atoms with van der Waals surface area (Å²) < 4.78 is 15.6. The molecule has 162 valence electrons. The van der Waals surface area contributed by atoms with Crippen molar-refractivity contribution in [3.05, 3.63) is 77.7 Å². The molecule has 0 saturated carbocycles. The van der Waals surface area contributed by atoms with Crippen molar-refractivity contribution in [3.8, 4) is 0 Å². The number of aromatic nitrogens is 2. The van der Waals surface area contributed by atoms with Gasteiger partial charge in [-0.2, -0.15) is 0 Å². The maximum absolute atomic E-state index is 12.4. The number of hydrogen-bond donors (Lipinski definition) is 2. The van der Waals surface area contributed by atoms with Crippen molar-refractivity contribution in [1.29, 1.82) is 0 Å². The van der Waals surface area contributed by atoms with Gasteiger partial charge in [0, 0.05) is 6.42 Å². The second kappa shape index (κ2) is 10.8. The Morgan fingerprint density at radius 2 is 1.65 bits per heavy atom. The molecule has 0 spiro atoms. The molecule has 9 heteroatoms. The first-order valence-corrected chi connectivity index (χ1v) is 9.74. The molecule has 0 aliphatic carbocycles. The fourth-order valence-corrected chi connectivity index (χ4v) is 2.81. The van der Waals surface area contributed by atoms with Crippen LogP contribution in [0.25, 0.3) is 0 Å². The molecule has 2 aromatic carbocycles. The Kier molecular flexibility index (Phi) is 7.58. The molecule has 9 nitrogen and oxygen atoms in total. The van der Waals surface area contributed by atoms with Crippen LogP contribution in [0, 0.1) is 0 Å². The average molecular weight is 424 g/mol. The van der Waals surface area contributed by atoms with E-state index in [2.05, 4.69) is 25.6 Å². The van der Waals surface area contributed by atoms with E-state index < -0.39 is 24.1 Å². The second-order valence-electron chi connectivity index (χ2n) is 6.78. The highest BCUT2D eigenvalue weighted by Gasteiger charge is 2.24. The van der Waals surface area contributed by atoms with E-state index in [-0.39, 0.29) is 18.5 Å². The summed E-state index contributed by atoms with van der Waals surface area (Å²) in [4.78, 5) is 24.0. The molecule has 1 heterocycles. The molecular weight excluding hydrogens is 400 g/mol. The fourth-order valence-electron chi connectivity index (χ4n) is 2.81. The van der Waals surface area contributed by atoms with Crippen LogP contribution in [0.5, 0.6) is 0 Å². The summed E-state index contributed by atoms with van der Waals surface area (Å²) in [6.07, 6.45) is -0.199. The van der Waals surface area contributed by atoms with Crippen molar-refractivity contribution in [2.45, 2.75) is 32.0 Å². The predicted octanol–water partition coefficient (Wildman–Crippen LogP) is 3.25. The van der Waals surface area contributed by atoms with Crippen LogP contribution in [-0.2, 0) is 27.3 Å². The maximum Gasteiger partial charge on any atom is 0.408 e. The van der Waals surface area contributed by atoms with E-state index in [1.165, 1.54) is 7.11 Å². The number of anilines is 1. The van der Waals surface area contributed by atoms with Gasteiger partial charge in [0.15, 0.2) is 0 Å². The smallest absolute Gasteiger partial charge is 0.408 e. The lowest BCUT2D eigenvalue weighted by molar-refractivity contribution is -0.141. The lowest BCUT2D eigenvalue weighted by Gasteiger charge is -2.15. The third kappa shape index (κ3) is 6.56. The Bertz CT molecular complexity index is 978. The molecule has 0 saturated heterocycles. The quantitative estimate of drug-likeness (QED) is 0.503. The maximum atomic E-state index is 12.4. The summed E-state index contributed by atoms with van der Waals surface area (Å²) >= 11 is 0. The van der Waals surface area contributed by atoms with Gasteiger partial charge in [-0.15, -0.1) is 5.10 Å². The van der Waals surface area contributed by atoms with Crippen LogP contribution in [0.4, 0.5) is 10.8 Å². The predicted molar refractivity (Wildman–Crippen MR) is 112 cm³/mol. The molecule has 0 unspecified atom stereocenters. The van der Waals surface area contributed by atoms with Crippen molar-refractivity contribution in [2.24, 2.45) is 0 Å². The third-order valence-electron chi connectivity index (χ3n) is 4.42. The Hall–Kier alpha value is -3.88. The average Bonchev–Trinajstić information content (AvgIpc) is 3.26. The highest BCUT2D eigenvalue weighted by atomic mass is 16.5. The van der Waals surface area contributed by atoms with Gasteiger partial charge in [-0.1, -0.05) is 65.8 Å². The van der Waals surface area contributed by atoms with Crippen molar-refractivity contribution in [2.75, 3.05) is 12.4 Å². The van der Waals surface area contributed by atoms with Gasteiger partial charge in [0.25, 0.3) is 0 Å². The molecule has 2 N–H and O–H groups in total. The van der Waals surface area contributed by atoms with E-state index in [4.69, 9.17) is 9.15 Å². The zero-order chi connectivity index (χ0) is 22.1. The summed E-state index contributed by atoms with van der Waals surface area (Å²) in [7, 11) is 1.29. The van der Waals surface area contributed by atoms with Crippen LogP contribution >= 0.6 is 0 Å². The number of nitrogens with zero attached hydrogens (tertiary/aromatic N) is 2. The monoisotopic (exact) mass is 424 g/mol. The number of carbonyl (C=O) groups excluding carboxylic acids is 2. The molecule has 0 radical (unpaired) electrons. The SMILES string of the molecule is COC(=O)[C@H](C)Nc1nnc([C@H](Cc2ccccc2)NC(=O)OCc2ccccc2)o1. The number of esters is 1. The number of benzene rings is 2. The third-order valence-corrected chi connectivity index (χ3v) is 4.42. The summed E-state index contributed by atoms with van der Waals surface area (Å²) in [5.41, 5.74) is 1.84. The molecular formula is C22H24N4O5. The lowest BCUT2D eigenvalue weighted by Crippen LogP contribution is -2.30. The van der Waals surface area contributed by atoms with Gasteiger partial charge in [0.1, 0.15) is 18.7 Å². The van der Waals surface area contributed by atoms with E-state index in [9.17, 15) is 9.59 Å². The number of rotatable bonds is 9. The first-order chi connectivity index (χ1) is 15.0. The molecule has 31 heavy (non-hydrogen) atoms. The first kappa shape index (κ1) is 21.8. The summed E-state index contributed by atoms with van der Waals surface area (Å²) in [5, 5.41) is 13.5. The topological polar surface area (TPSA) is 116 Å². The molecule has 0 fully saturated rings. The van der Waals surface area contributed by atoms with Gasteiger partial charge in [-0.3, -0.25) is 0 Å². The lowest BCUT2D eigenvalue weighted by atomic mass is 10.1. The number of alkyl carbamates (subject to hydrolysis) is 1. The van der Waals surface area contributed by atoms with E-state index in [1.807, 2.05) is 60.7 Å². The molecule has 2 atom stereocenters. The zero-order valence-electron chi connectivity index (χ0n) is 17.3. The van der Waals surface area contributed by atoms with Crippen molar-refractivity contribution >= 4 is 18.1 Å². The normalized spacial score (nSPS) is 12.5. The van der Waals surface area contributed by atoms with Crippen LogP contribution < -0.4 is 10.6 Å². The van der Waals surface area contributed by atoms with Gasteiger partial charge < -0.3 is 24.5 Å². The Morgan fingerprint density at radius 1 is 1.00 bits per heavy atom. The van der Waals surface area contributed by atoms with Crippen LogP contribution in [-0.4, -0.2) is 35.4 Å². The Labute approximate surface area is 179 Å². The largest absolute Gasteiger partial charge is 0.467 e. The van der Waals surface area contributed by atoms with Gasteiger partial charge in [-0.25, -0.2) is 9.59 Å². The minimum absolute atomic E-state index is 0.0467. The van der Waals surface area contributed by atoms with E-state index in [0.717, 1.165) is 11.1 Å². The molecule has 0 bridgehead atoms. The van der Waals surface area contributed by atoms with Crippen LogP contribution in [0.3, 0.4) is 0 Å². The fraction of sp³-hybridized carbons (Fsp3) is 0.273. The van der Waals surface area contributed by atoms with E-state index in [0.29, 0.717) is 6.42 Å². The van der Waals surface area contributed by atoms with E-state index >= 15 is 0 Å². The zero-order valence-corrected chi connectivity index (χ0v) is 17.3. The van der Waals surface area contributed by atoms with Crippen molar-refractivity contribution in [1.82, 2.24) is 15.5 Å². The van der Waals surface area contributed by atoms with Gasteiger partial charge in [-0.05, 0) is 18.1 Å². The molecule has 3 rings (SSSR count). The number of nitrogens with one attached hydrogen (secondary N) is 2. The van der Waals surface area contributed by atoms with Gasteiger partial charge >= 0.3 is 18.1 Å². The minimum Gasteiger partial charge on any atom is -0.467 e. The molecule has 1 amide bonds. The molecule has 0 aliphatic heterocycles. The molecule has 1 aromatic heterocycles. The minimum atomic E-state index is -0.672. The first-order valence-electron chi connectivity index (χ1n) is 9.74. The van der Waals surface area contributed by atoms with Crippen molar-refractivity contribution in [3.63, 3.8) is 0 Å². The Morgan fingerprint density at radius 3 is 2.29 bits per heavy atom. The van der Waals surface area contributed by atoms with Crippen LogP contribution in [0.1, 0.15) is 30.0 Å². The van der Waals surface area contributed by atoms with Crippen molar-refractivity contribution < 1.29 is 23.5 Å². The summed E-state index contributed by atoms with van der Waals surface area (Å²) in [6.45, 7) is 1.74. The number of methoxy groups -OCH3 is 1. The summed E-state index contributed by atoms with van der Waals surface area (Å²) in [6, 6.07) is 17.7. The second-order valence-corrected chi connectivity index (χ2v) is 6.78. The number of amides is 1. The van der Waals surface area contributed by atoms with Crippen LogP contribution in [0.15, 0.2) is 65.1 Å². The molecule has 0 aliphatic rings. The Balaban J connectivity index is 1.69. The summed E-state index contributed by atoms with van der Waals surface area (Å²) in [5.74, 6) is -0.289. The number of carbonyl (C=O) groups is 2. The van der Waals surface area contributed by atoms with Gasteiger partial charge in [0.2, 0.25) is 5.89 Å². The van der Waals surface area contributed by atoms with E-state index in [1.54, 1.807) is 6.92 Å². The van der Waals surface area contributed by atoms with Gasteiger partial charge in [0.05, 0.1) is 7.11 Å². The highest BCUT2D eigenvalue weighted by molar-refractivity contribution is 5.77. The standard InChI is InChI=1S/C22H24N4O5/c1-15(20(27)29-2)23-21-26-25-19(31-21)18(13-16-9-5-3-6-10-16)24-22(28)30-14-17-11-7-4-8-12-17/h3-12,15,18H,13-14H2,1-2H3,(H,23,26)(H,24,28)/t15-,18-/m0/s1. The number of hydrogen-bond acceptors (Lipinski definition) is 8. The van der Waals surface area contributed by atoms with Crippen LogP contribution in [0.2, 0.25) is 0 Å².